The first kappa shape index (κ1) is 14.8. The molecule has 1 heterocycles. The highest BCUT2D eigenvalue weighted by molar-refractivity contribution is 7.99. The van der Waals surface area contributed by atoms with Gasteiger partial charge in [0, 0.05) is 24.9 Å². The van der Waals surface area contributed by atoms with Gasteiger partial charge in [0.15, 0.2) is 0 Å². The smallest absolute Gasteiger partial charge is 0.230 e. The number of carbonyl (C=O) groups is 1. The number of ether oxygens (including phenoxy) is 1. The van der Waals surface area contributed by atoms with E-state index < -0.39 is 0 Å². The van der Waals surface area contributed by atoms with Crippen LogP contribution in [0.5, 0.6) is 0 Å². The molecule has 5 heteroatoms. The average molecular weight is 260 g/mol. The standard InChI is InChI=1S/C12H24N2O2S/c1-10(13-2)7-14-12(15)9-17-8-11-5-3-4-6-16-11/h10-11,13H,3-9H2,1-2H3,(H,14,15). The fourth-order valence-corrected chi connectivity index (χ4v) is 2.57. The molecule has 0 radical (unpaired) electrons. The highest BCUT2D eigenvalue weighted by Crippen LogP contribution is 2.16. The number of thioether (sulfide) groups is 1. The Kier molecular flexibility index (Phi) is 7.64. The van der Waals surface area contributed by atoms with Crippen molar-refractivity contribution in [3.8, 4) is 0 Å². The number of hydrogen-bond donors (Lipinski definition) is 2. The second-order valence-electron chi connectivity index (χ2n) is 4.50. The van der Waals surface area contributed by atoms with Gasteiger partial charge in [-0.25, -0.2) is 0 Å². The predicted molar refractivity (Wildman–Crippen MR) is 72.4 cm³/mol. The Morgan fingerprint density at radius 3 is 3.00 bits per heavy atom. The molecule has 1 fully saturated rings. The summed E-state index contributed by atoms with van der Waals surface area (Å²) < 4.78 is 5.61. The van der Waals surface area contributed by atoms with Crippen molar-refractivity contribution in [1.82, 2.24) is 10.6 Å². The van der Waals surface area contributed by atoms with Gasteiger partial charge in [-0.2, -0.15) is 0 Å². The van der Waals surface area contributed by atoms with Gasteiger partial charge in [-0.15, -0.1) is 11.8 Å². The zero-order valence-electron chi connectivity index (χ0n) is 10.8. The predicted octanol–water partition coefficient (Wildman–Crippen LogP) is 1.01. The Labute approximate surface area is 108 Å². The third-order valence-corrected chi connectivity index (χ3v) is 3.98. The molecule has 100 valence electrons. The minimum atomic E-state index is 0.118. The van der Waals surface area contributed by atoms with Crippen LogP contribution in [0.4, 0.5) is 0 Å². The molecule has 0 aromatic heterocycles. The maximum Gasteiger partial charge on any atom is 0.230 e. The number of likely N-dealkylation sites (N-methyl/N-ethyl adjacent to an activating group) is 1. The zero-order valence-corrected chi connectivity index (χ0v) is 11.6. The molecule has 2 unspecified atom stereocenters. The molecule has 1 aliphatic heterocycles. The largest absolute Gasteiger partial charge is 0.377 e. The fraction of sp³-hybridized carbons (Fsp3) is 0.917. The summed E-state index contributed by atoms with van der Waals surface area (Å²) in [5.41, 5.74) is 0. The van der Waals surface area contributed by atoms with Crippen molar-refractivity contribution >= 4 is 17.7 Å². The van der Waals surface area contributed by atoms with E-state index in [0.717, 1.165) is 18.8 Å². The molecule has 1 rings (SSSR count). The normalized spacial score (nSPS) is 22.1. The maximum atomic E-state index is 11.5. The summed E-state index contributed by atoms with van der Waals surface area (Å²) in [5, 5.41) is 5.99. The molecule has 0 bridgehead atoms. The summed E-state index contributed by atoms with van der Waals surface area (Å²) in [6, 6.07) is 0.325. The molecule has 0 spiro atoms. The number of nitrogens with one attached hydrogen (secondary N) is 2. The Morgan fingerprint density at radius 2 is 2.35 bits per heavy atom. The highest BCUT2D eigenvalue weighted by Gasteiger charge is 2.14. The van der Waals surface area contributed by atoms with Crippen molar-refractivity contribution in [3.05, 3.63) is 0 Å². The molecular weight excluding hydrogens is 236 g/mol. The average Bonchev–Trinajstić information content (AvgIpc) is 2.37. The summed E-state index contributed by atoms with van der Waals surface area (Å²) in [6.07, 6.45) is 3.95. The van der Waals surface area contributed by atoms with Gasteiger partial charge in [0.1, 0.15) is 0 Å². The number of rotatable bonds is 7. The van der Waals surface area contributed by atoms with Gasteiger partial charge in [-0.1, -0.05) is 0 Å². The molecule has 0 aromatic carbocycles. The highest BCUT2D eigenvalue weighted by atomic mass is 32.2. The summed E-state index contributed by atoms with van der Waals surface area (Å²) in [5.74, 6) is 1.60. The van der Waals surface area contributed by atoms with Gasteiger partial charge in [0.05, 0.1) is 11.9 Å². The van der Waals surface area contributed by atoms with Crippen LogP contribution in [-0.2, 0) is 9.53 Å². The van der Waals surface area contributed by atoms with Gasteiger partial charge >= 0.3 is 0 Å². The molecule has 0 aromatic rings. The molecule has 4 nitrogen and oxygen atoms in total. The van der Waals surface area contributed by atoms with Gasteiger partial charge in [0.2, 0.25) is 5.91 Å². The zero-order chi connectivity index (χ0) is 12.5. The lowest BCUT2D eigenvalue weighted by molar-refractivity contribution is -0.118. The van der Waals surface area contributed by atoms with Crippen LogP contribution in [0.25, 0.3) is 0 Å². The Morgan fingerprint density at radius 1 is 1.53 bits per heavy atom. The Balaban J connectivity index is 1.99. The van der Waals surface area contributed by atoms with E-state index in [9.17, 15) is 4.79 Å². The third-order valence-electron chi connectivity index (χ3n) is 2.91. The summed E-state index contributed by atoms with van der Waals surface area (Å²) in [4.78, 5) is 11.5. The van der Waals surface area contributed by atoms with Crippen LogP contribution in [-0.4, -0.2) is 49.8 Å². The van der Waals surface area contributed by atoms with E-state index in [1.54, 1.807) is 11.8 Å². The molecule has 1 saturated heterocycles. The molecule has 17 heavy (non-hydrogen) atoms. The van der Waals surface area contributed by atoms with Gasteiger partial charge in [0.25, 0.3) is 0 Å². The van der Waals surface area contributed by atoms with Crippen LogP contribution in [0, 0.1) is 0 Å². The van der Waals surface area contributed by atoms with Crippen LogP contribution in [0.2, 0.25) is 0 Å². The first-order valence-corrected chi connectivity index (χ1v) is 7.51. The van der Waals surface area contributed by atoms with Crippen LogP contribution >= 0.6 is 11.8 Å². The van der Waals surface area contributed by atoms with E-state index in [4.69, 9.17) is 4.74 Å². The van der Waals surface area contributed by atoms with Crippen LogP contribution in [0.3, 0.4) is 0 Å². The van der Waals surface area contributed by atoms with E-state index in [2.05, 4.69) is 10.6 Å². The van der Waals surface area contributed by atoms with Crippen LogP contribution in [0.15, 0.2) is 0 Å². The number of carbonyl (C=O) groups excluding carboxylic acids is 1. The summed E-state index contributed by atoms with van der Waals surface area (Å²) in [7, 11) is 1.89. The lowest BCUT2D eigenvalue weighted by atomic mass is 10.1. The molecule has 0 aliphatic carbocycles. The van der Waals surface area contributed by atoms with Crippen molar-refractivity contribution in [2.24, 2.45) is 0 Å². The topological polar surface area (TPSA) is 50.4 Å². The first-order chi connectivity index (χ1) is 8.22. The number of amides is 1. The lowest BCUT2D eigenvalue weighted by Crippen LogP contribution is -2.38. The van der Waals surface area contributed by atoms with E-state index in [1.165, 1.54) is 12.8 Å². The molecule has 2 N–H and O–H groups in total. The van der Waals surface area contributed by atoms with Gasteiger partial charge < -0.3 is 15.4 Å². The summed E-state index contributed by atoms with van der Waals surface area (Å²) in [6.45, 7) is 3.62. The molecule has 1 aliphatic rings. The van der Waals surface area contributed by atoms with E-state index in [1.807, 2.05) is 14.0 Å². The second-order valence-corrected chi connectivity index (χ2v) is 5.53. The van der Waals surface area contributed by atoms with E-state index >= 15 is 0 Å². The minimum Gasteiger partial charge on any atom is -0.377 e. The first-order valence-electron chi connectivity index (χ1n) is 6.35. The fourth-order valence-electron chi connectivity index (χ4n) is 1.64. The SMILES string of the molecule is CNC(C)CNC(=O)CSCC1CCCCO1. The van der Waals surface area contributed by atoms with Crippen molar-refractivity contribution in [2.75, 3.05) is 31.7 Å². The van der Waals surface area contributed by atoms with Crippen molar-refractivity contribution in [2.45, 2.75) is 38.3 Å². The number of hydrogen-bond acceptors (Lipinski definition) is 4. The Bertz CT molecular complexity index is 221. The molecule has 1 amide bonds. The second kappa shape index (κ2) is 8.78. The molecule has 0 saturated carbocycles. The maximum absolute atomic E-state index is 11.5. The Hall–Kier alpha value is -0.260. The van der Waals surface area contributed by atoms with Gasteiger partial charge in [-0.05, 0) is 33.2 Å². The minimum absolute atomic E-state index is 0.118. The van der Waals surface area contributed by atoms with Gasteiger partial charge in [-0.3, -0.25) is 4.79 Å². The summed E-state index contributed by atoms with van der Waals surface area (Å²) >= 11 is 1.67. The molecular formula is C12H24N2O2S. The lowest BCUT2D eigenvalue weighted by Gasteiger charge is -2.22. The van der Waals surface area contributed by atoms with Crippen molar-refractivity contribution < 1.29 is 9.53 Å². The third kappa shape index (κ3) is 6.91. The van der Waals surface area contributed by atoms with E-state index in [0.29, 0.717) is 24.4 Å². The van der Waals surface area contributed by atoms with Crippen LogP contribution in [0.1, 0.15) is 26.2 Å². The quantitative estimate of drug-likeness (QED) is 0.717. The monoisotopic (exact) mass is 260 g/mol. The van der Waals surface area contributed by atoms with Crippen molar-refractivity contribution in [3.63, 3.8) is 0 Å². The molecule has 2 atom stereocenters. The van der Waals surface area contributed by atoms with Crippen LogP contribution < -0.4 is 10.6 Å². The van der Waals surface area contributed by atoms with Crippen molar-refractivity contribution in [1.29, 1.82) is 0 Å². The van der Waals surface area contributed by atoms with E-state index in [-0.39, 0.29) is 5.91 Å².